The van der Waals surface area contributed by atoms with Crippen LogP contribution < -0.4 is 0 Å². The summed E-state index contributed by atoms with van der Waals surface area (Å²) in [6, 6.07) is 6.53. The van der Waals surface area contributed by atoms with Crippen LogP contribution in [-0.2, 0) is 6.54 Å². The first kappa shape index (κ1) is 16.9. The number of hydrogen-bond acceptors (Lipinski definition) is 5. The van der Waals surface area contributed by atoms with Gasteiger partial charge in [0.05, 0.1) is 6.54 Å². The molecule has 0 unspecified atom stereocenters. The highest BCUT2D eigenvalue weighted by atomic mass is 19.4. The summed E-state index contributed by atoms with van der Waals surface area (Å²) in [6.07, 6.45) is -6.09. The van der Waals surface area contributed by atoms with Crippen LogP contribution in [0.3, 0.4) is 0 Å². The van der Waals surface area contributed by atoms with Gasteiger partial charge in [0.1, 0.15) is 0 Å². The molecule has 0 saturated carbocycles. The second-order valence-corrected chi connectivity index (χ2v) is 6.00. The highest BCUT2D eigenvalue weighted by Crippen LogP contribution is 2.31. The average Bonchev–Trinajstić information content (AvgIpc) is 3.16. The van der Waals surface area contributed by atoms with Crippen molar-refractivity contribution in [3.05, 3.63) is 35.7 Å². The molecule has 0 bridgehead atoms. The number of halogens is 3. The summed E-state index contributed by atoms with van der Waals surface area (Å²) in [7, 11) is 0. The van der Waals surface area contributed by atoms with Crippen LogP contribution in [0, 0.1) is 6.92 Å². The zero-order valence-electron chi connectivity index (χ0n) is 13.1. The highest BCUT2D eigenvalue weighted by Gasteiger charge is 2.47. The number of nitrogens with zero attached hydrogens (tertiary/aromatic N) is 3. The lowest BCUT2D eigenvalue weighted by Gasteiger charge is -2.28. The summed E-state index contributed by atoms with van der Waals surface area (Å²) < 4.78 is 43.5. The third-order valence-electron chi connectivity index (χ3n) is 4.30. The van der Waals surface area contributed by atoms with E-state index in [4.69, 9.17) is 4.52 Å². The van der Waals surface area contributed by atoms with Crippen molar-refractivity contribution in [1.29, 1.82) is 0 Å². The number of benzene rings is 1. The van der Waals surface area contributed by atoms with E-state index in [0.29, 0.717) is 31.1 Å². The van der Waals surface area contributed by atoms with Gasteiger partial charge in [0.25, 0.3) is 5.89 Å². The number of aromatic nitrogens is 2. The Balaban J connectivity index is 1.74. The molecule has 1 aromatic carbocycles. The predicted octanol–water partition coefficient (Wildman–Crippen LogP) is 2.93. The molecule has 0 amide bonds. The Bertz CT molecular complexity index is 702. The molecule has 1 aliphatic heterocycles. The van der Waals surface area contributed by atoms with Gasteiger partial charge in [0.2, 0.25) is 0 Å². The van der Waals surface area contributed by atoms with Gasteiger partial charge in [-0.3, -0.25) is 4.90 Å². The first-order valence-corrected chi connectivity index (χ1v) is 7.73. The van der Waals surface area contributed by atoms with Gasteiger partial charge in [-0.25, -0.2) is 0 Å². The van der Waals surface area contributed by atoms with Crippen molar-refractivity contribution in [2.75, 3.05) is 6.54 Å². The fourth-order valence-corrected chi connectivity index (χ4v) is 3.05. The molecule has 0 aliphatic carbocycles. The molecule has 1 aromatic heterocycles. The molecule has 0 spiro atoms. The van der Waals surface area contributed by atoms with Crippen LogP contribution in [0.4, 0.5) is 13.2 Å². The Morgan fingerprint density at radius 2 is 2.12 bits per heavy atom. The third kappa shape index (κ3) is 3.44. The van der Waals surface area contributed by atoms with E-state index in [1.807, 2.05) is 31.2 Å². The van der Waals surface area contributed by atoms with Crippen LogP contribution in [-0.4, -0.2) is 45.0 Å². The lowest BCUT2D eigenvalue weighted by Crippen LogP contribution is -2.46. The van der Waals surface area contributed by atoms with Crippen LogP contribution in [0.25, 0.3) is 11.5 Å². The van der Waals surface area contributed by atoms with Gasteiger partial charge in [-0.15, -0.1) is 0 Å². The maximum absolute atomic E-state index is 12.8. The maximum atomic E-state index is 12.8. The number of likely N-dealkylation sites (tertiary alicyclic amines) is 1. The molecule has 3 rings (SSSR count). The zero-order valence-corrected chi connectivity index (χ0v) is 13.1. The number of aliphatic hydroxyl groups is 1. The van der Waals surface area contributed by atoms with Crippen LogP contribution in [0.2, 0.25) is 0 Å². The van der Waals surface area contributed by atoms with Crippen molar-refractivity contribution < 1.29 is 22.8 Å². The molecule has 24 heavy (non-hydrogen) atoms. The first-order valence-electron chi connectivity index (χ1n) is 7.73. The molecule has 130 valence electrons. The normalized spacial score (nSPS) is 20.5. The molecular formula is C16H18F3N3O2. The molecule has 2 aromatic rings. The summed E-state index contributed by atoms with van der Waals surface area (Å²) in [5.41, 5.74) is 1.77. The average molecular weight is 341 g/mol. The van der Waals surface area contributed by atoms with Gasteiger partial charge >= 0.3 is 6.18 Å². The van der Waals surface area contributed by atoms with Crippen molar-refractivity contribution in [3.63, 3.8) is 0 Å². The Morgan fingerprint density at radius 1 is 1.38 bits per heavy atom. The summed E-state index contributed by atoms with van der Waals surface area (Å²) in [5.74, 6) is 0.657. The van der Waals surface area contributed by atoms with E-state index in [9.17, 15) is 18.3 Å². The SMILES string of the molecule is Cc1ccccc1-c1nc(CN2CCC[C@@H]2[C@H](O)C(F)(F)F)no1. The van der Waals surface area contributed by atoms with E-state index in [-0.39, 0.29) is 6.54 Å². The quantitative estimate of drug-likeness (QED) is 0.926. The largest absolute Gasteiger partial charge is 0.415 e. The molecule has 1 N–H and O–H groups in total. The van der Waals surface area contributed by atoms with E-state index >= 15 is 0 Å². The van der Waals surface area contributed by atoms with Crippen molar-refractivity contribution in [2.24, 2.45) is 0 Å². The monoisotopic (exact) mass is 341 g/mol. The maximum Gasteiger partial charge on any atom is 0.415 e. The van der Waals surface area contributed by atoms with Crippen LogP contribution >= 0.6 is 0 Å². The summed E-state index contributed by atoms with van der Waals surface area (Å²) in [6.45, 7) is 2.49. The van der Waals surface area contributed by atoms with E-state index in [0.717, 1.165) is 11.1 Å². The van der Waals surface area contributed by atoms with Crippen molar-refractivity contribution in [1.82, 2.24) is 15.0 Å². The molecule has 1 aliphatic rings. The fraction of sp³-hybridized carbons (Fsp3) is 0.500. The second-order valence-electron chi connectivity index (χ2n) is 6.00. The third-order valence-corrected chi connectivity index (χ3v) is 4.30. The topological polar surface area (TPSA) is 62.4 Å². The van der Waals surface area contributed by atoms with E-state index in [1.165, 1.54) is 0 Å². The molecule has 5 nitrogen and oxygen atoms in total. The molecule has 8 heteroatoms. The number of rotatable bonds is 4. The lowest BCUT2D eigenvalue weighted by atomic mass is 10.1. The number of alkyl halides is 3. The molecule has 0 radical (unpaired) electrons. The molecule has 1 fully saturated rings. The summed E-state index contributed by atoms with van der Waals surface area (Å²) >= 11 is 0. The summed E-state index contributed by atoms with van der Waals surface area (Å²) in [4.78, 5) is 5.84. The molecule has 2 atom stereocenters. The standard InChI is InChI=1S/C16H18F3N3O2/c1-10-5-2-3-6-11(10)15-20-13(21-24-15)9-22-8-4-7-12(22)14(23)16(17,18)19/h2-3,5-6,12,14,23H,4,7-9H2,1H3/t12-,14+/m1/s1. The first-order chi connectivity index (χ1) is 11.4. The summed E-state index contributed by atoms with van der Waals surface area (Å²) in [5, 5.41) is 13.4. The molecule has 2 heterocycles. The number of hydrogen-bond donors (Lipinski definition) is 1. The Labute approximate surface area is 137 Å². The van der Waals surface area contributed by atoms with E-state index < -0.39 is 18.3 Å². The lowest BCUT2D eigenvalue weighted by molar-refractivity contribution is -0.219. The van der Waals surface area contributed by atoms with Crippen LogP contribution in [0.15, 0.2) is 28.8 Å². The molecule has 1 saturated heterocycles. The van der Waals surface area contributed by atoms with Gasteiger partial charge in [0, 0.05) is 11.6 Å². The Hall–Kier alpha value is -1.93. The van der Waals surface area contributed by atoms with Crippen LogP contribution in [0.1, 0.15) is 24.2 Å². The van der Waals surface area contributed by atoms with E-state index in [1.54, 1.807) is 4.90 Å². The predicted molar refractivity (Wildman–Crippen MR) is 80.0 cm³/mol. The number of aryl methyl sites for hydroxylation is 1. The zero-order chi connectivity index (χ0) is 17.3. The van der Waals surface area contributed by atoms with Gasteiger partial charge in [0.15, 0.2) is 11.9 Å². The van der Waals surface area contributed by atoms with Crippen molar-refractivity contribution in [3.8, 4) is 11.5 Å². The Kier molecular flexibility index (Phi) is 4.60. The van der Waals surface area contributed by atoms with Gasteiger partial charge < -0.3 is 9.63 Å². The van der Waals surface area contributed by atoms with Gasteiger partial charge in [-0.05, 0) is 37.9 Å². The van der Waals surface area contributed by atoms with Gasteiger partial charge in [-0.1, -0.05) is 23.4 Å². The van der Waals surface area contributed by atoms with Crippen molar-refractivity contribution in [2.45, 2.75) is 44.6 Å². The minimum atomic E-state index is -4.63. The van der Waals surface area contributed by atoms with Crippen molar-refractivity contribution >= 4 is 0 Å². The smallest absolute Gasteiger partial charge is 0.382 e. The Morgan fingerprint density at radius 3 is 2.83 bits per heavy atom. The van der Waals surface area contributed by atoms with E-state index in [2.05, 4.69) is 10.1 Å². The minimum Gasteiger partial charge on any atom is -0.382 e. The number of aliphatic hydroxyl groups excluding tert-OH is 1. The van der Waals surface area contributed by atoms with Crippen LogP contribution in [0.5, 0.6) is 0 Å². The minimum absolute atomic E-state index is 0.118. The molecular weight excluding hydrogens is 323 g/mol. The fourth-order valence-electron chi connectivity index (χ4n) is 3.05. The van der Waals surface area contributed by atoms with Gasteiger partial charge in [-0.2, -0.15) is 18.2 Å². The highest BCUT2D eigenvalue weighted by molar-refractivity contribution is 5.57. The second kappa shape index (κ2) is 6.52.